The Morgan fingerprint density at radius 3 is 2.42 bits per heavy atom. The fourth-order valence-electron chi connectivity index (χ4n) is 3.08. The van der Waals surface area contributed by atoms with Crippen LogP contribution in [0, 0.1) is 0 Å². The van der Waals surface area contributed by atoms with E-state index in [9.17, 15) is 0 Å². The molecule has 0 N–H and O–H groups in total. The number of hydrogen-bond donors (Lipinski definition) is 0. The molecule has 0 fully saturated rings. The number of para-hydroxylation sites is 1. The molecular formula is C22H20O2. The number of ether oxygens (including phenoxy) is 2. The van der Waals surface area contributed by atoms with Crippen molar-refractivity contribution in [2.45, 2.75) is 25.6 Å². The minimum atomic E-state index is 0.128. The molecule has 24 heavy (non-hydrogen) atoms. The predicted octanol–water partition coefficient (Wildman–Crippen LogP) is 5.33. The lowest BCUT2D eigenvalue weighted by Crippen LogP contribution is -2.14. The number of hydrogen-bond acceptors (Lipinski definition) is 2. The molecule has 2 heteroatoms. The van der Waals surface area contributed by atoms with Crippen molar-refractivity contribution in [2.75, 3.05) is 0 Å². The second kappa shape index (κ2) is 6.79. The molecule has 0 aromatic heterocycles. The maximum Gasteiger partial charge on any atom is 0.124 e. The van der Waals surface area contributed by atoms with Crippen LogP contribution in [0.3, 0.4) is 0 Å². The van der Waals surface area contributed by atoms with Gasteiger partial charge in [-0.1, -0.05) is 60.7 Å². The maximum absolute atomic E-state index is 6.15. The summed E-state index contributed by atoms with van der Waals surface area (Å²) in [5, 5.41) is 0. The summed E-state index contributed by atoms with van der Waals surface area (Å²) >= 11 is 0. The van der Waals surface area contributed by atoms with E-state index in [4.69, 9.17) is 9.47 Å². The van der Waals surface area contributed by atoms with E-state index in [-0.39, 0.29) is 6.10 Å². The Kier molecular flexibility index (Phi) is 4.20. The monoisotopic (exact) mass is 316 g/mol. The Morgan fingerprint density at radius 2 is 1.58 bits per heavy atom. The van der Waals surface area contributed by atoms with Crippen LogP contribution in [0.5, 0.6) is 11.5 Å². The molecule has 4 rings (SSSR count). The van der Waals surface area contributed by atoms with Crippen LogP contribution in [0.25, 0.3) is 0 Å². The van der Waals surface area contributed by atoms with Gasteiger partial charge in [-0.3, -0.25) is 0 Å². The highest BCUT2D eigenvalue weighted by atomic mass is 16.5. The van der Waals surface area contributed by atoms with Crippen LogP contribution < -0.4 is 9.47 Å². The van der Waals surface area contributed by atoms with Crippen LogP contribution in [0.15, 0.2) is 78.9 Å². The molecule has 0 amide bonds. The first-order valence-corrected chi connectivity index (χ1v) is 8.40. The fraction of sp³-hybridized carbons (Fsp3) is 0.182. The van der Waals surface area contributed by atoms with Crippen molar-refractivity contribution in [3.8, 4) is 11.5 Å². The van der Waals surface area contributed by atoms with Gasteiger partial charge in [0.05, 0.1) is 0 Å². The van der Waals surface area contributed by atoms with Crippen molar-refractivity contribution in [1.29, 1.82) is 0 Å². The summed E-state index contributed by atoms with van der Waals surface area (Å²) in [6.45, 7) is 0.591. The number of fused-ring (bicyclic) bond motifs is 1. The molecule has 3 aromatic carbocycles. The lowest BCUT2D eigenvalue weighted by Gasteiger charge is -2.26. The van der Waals surface area contributed by atoms with Gasteiger partial charge in [0.1, 0.15) is 24.2 Å². The Hall–Kier alpha value is -2.74. The van der Waals surface area contributed by atoms with Crippen molar-refractivity contribution < 1.29 is 9.47 Å². The van der Waals surface area contributed by atoms with Gasteiger partial charge < -0.3 is 9.47 Å². The van der Waals surface area contributed by atoms with Gasteiger partial charge in [-0.25, -0.2) is 0 Å². The molecule has 1 aliphatic heterocycles. The van der Waals surface area contributed by atoms with Gasteiger partial charge in [0, 0.05) is 0 Å². The summed E-state index contributed by atoms with van der Waals surface area (Å²) in [4.78, 5) is 0. The van der Waals surface area contributed by atoms with Crippen molar-refractivity contribution in [1.82, 2.24) is 0 Å². The van der Waals surface area contributed by atoms with E-state index < -0.39 is 0 Å². The van der Waals surface area contributed by atoms with Crippen LogP contribution in [-0.4, -0.2) is 0 Å². The summed E-state index contributed by atoms with van der Waals surface area (Å²) in [6.07, 6.45) is 2.21. The normalized spacial score (nSPS) is 16.1. The summed E-state index contributed by atoms with van der Waals surface area (Å²) in [5.74, 6) is 1.90. The smallest absolute Gasteiger partial charge is 0.124 e. The molecule has 0 saturated carbocycles. The minimum Gasteiger partial charge on any atom is -0.489 e. The average Bonchev–Trinajstić information content (AvgIpc) is 2.67. The summed E-state index contributed by atoms with van der Waals surface area (Å²) in [6, 6.07) is 26.8. The summed E-state index contributed by atoms with van der Waals surface area (Å²) in [5.41, 5.74) is 3.68. The lowest BCUT2D eigenvalue weighted by molar-refractivity contribution is 0.176. The second-order valence-corrected chi connectivity index (χ2v) is 6.10. The molecule has 1 heterocycles. The molecule has 0 saturated heterocycles. The highest BCUT2D eigenvalue weighted by molar-refractivity contribution is 5.37. The highest BCUT2D eigenvalue weighted by Crippen LogP contribution is 2.35. The molecule has 120 valence electrons. The van der Waals surface area contributed by atoms with Gasteiger partial charge in [0.25, 0.3) is 0 Å². The van der Waals surface area contributed by atoms with E-state index >= 15 is 0 Å². The van der Waals surface area contributed by atoms with Gasteiger partial charge in [-0.05, 0) is 47.7 Å². The first-order chi connectivity index (χ1) is 11.9. The quantitative estimate of drug-likeness (QED) is 0.647. The maximum atomic E-state index is 6.15. The number of benzene rings is 3. The van der Waals surface area contributed by atoms with E-state index in [1.54, 1.807) is 0 Å². The molecule has 2 nitrogen and oxygen atoms in total. The zero-order chi connectivity index (χ0) is 16.2. The third-order valence-electron chi connectivity index (χ3n) is 4.42. The Balaban J connectivity index is 1.41. The Morgan fingerprint density at radius 1 is 0.833 bits per heavy atom. The zero-order valence-corrected chi connectivity index (χ0v) is 13.5. The van der Waals surface area contributed by atoms with Crippen molar-refractivity contribution in [3.05, 3.63) is 95.6 Å². The third-order valence-corrected chi connectivity index (χ3v) is 4.42. The highest BCUT2D eigenvalue weighted by Gasteiger charge is 2.20. The minimum absolute atomic E-state index is 0.128. The second-order valence-electron chi connectivity index (χ2n) is 6.10. The van der Waals surface area contributed by atoms with Gasteiger partial charge in [-0.2, -0.15) is 0 Å². The van der Waals surface area contributed by atoms with Gasteiger partial charge in [0.2, 0.25) is 0 Å². The third kappa shape index (κ3) is 3.28. The van der Waals surface area contributed by atoms with Crippen LogP contribution >= 0.6 is 0 Å². The van der Waals surface area contributed by atoms with Gasteiger partial charge in [-0.15, -0.1) is 0 Å². The van der Waals surface area contributed by atoms with E-state index in [1.807, 2.05) is 36.4 Å². The lowest BCUT2D eigenvalue weighted by atomic mass is 9.97. The molecule has 0 aliphatic carbocycles. The van der Waals surface area contributed by atoms with Crippen molar-refractivity contribution in [3.63, 3.8) is 0 Å². The van der Waals surface area contributed by atoms with Crippen LogP contribution in [0.4, 0.5) is 0 Å². The summed E-state index contributed by atoms with van der Waals surface area (Å²) < 4.78 is 12.0. The van der Waals surface area contributed by atoms with Gasteiger partial charge in [0.15, 0.2) is 0 Å². The molecule has 1 unspecified atom stereocenters. The van der Waals surface area contributed by atoms with Crippen LogP contribution in [0.1, 0.15) is 29.2 Å². The zero-order valence-electron chi connectivity index (χ0n) is 13.5. The molecule has 0 bridgehead atoms. The number of rotatable bonds is 4. The van der Waals surface area contributed by atoms with Crippen LogP contribution in [-0.2, 0) is 13.0 Å². The Labute approximate surface area is 142 Å². The molecule has 1 aliphatic rings. The Bertz CT molecular complexity index is 794. The molecule has 0 radical (unpaired) electrons. The molecular weight excluding hydrogens is 296 g/mol. The van der Waals surface area contributed by atoms with E-state index in [1.165, 1.54) is 16.7 Å². The average molecular weight is 316 g/mol. The first-order valence-electron chi connectivity index (χ1n) is 8.40. The van der Waals surface area contributed by atoms with Crippen LogP contribution in [0.2, 0.25) is 0 Å². The molecule has 1 atom stereocenters. The molecule has 0 spiro atoms. The van der Waals surface area contributed by atoms with E-state index in [2.05, 4.69) is 42.5 Å². The van der Waals surface area contributed by atoms with Gasteiger partial charge >= 0.3 is 0 Å². The van der Waals surface area contributed by atoms with Crippen molar-refractivity contribution >= 4 is 0 Å². The SMILES string of the molecule is c1ccc(COc2ccc(C3CCc4ccccc4O3)cc2)cc1. The molecule has 3 aromatic rings. The fourth-order valence-corrected chi connectivity index (χ4v) is 3.08. The predicted molar refractivity (Wildman–Crippen MR) is 95.3 cm³/mol. The first kappa shape index (κ1) is 14.8. The summed E-state index contributed by atoms with van der Waals surface area (Å²) in [7, 11) is 0. The standard InChI is InChI=1S/C22H20O2/c1-2-6-17(7-3-1)16-23-20-13-10-19(11-14-20)22-15-12-18-8-4-5-9-21(18)24-22/h1-11,13-14,22H,12,15-16H2. The van der Waals surface area contributed by atoms with Crippen molar-refractivity contribution in [2.24, 2.45) is 0 Å². The largest absolute Gasteiger partial charge is 0.489 e. The topological polar surface area (TPSA) is 18.5 Å². The van der Waals surface area contributed by atoms with E-state index in [0.717, 1.165) is 24.3 Å². The van der Waals surface area contributed by atoms with E-state index in [0.29, 0.717) is 6.61 Å². The number of aryl methyl sites for hydroxylation is 1.